The fourth-order valence-corrected chi connectivity index (χ4v) is 3.39. The molecule has 0 aliphatic rings. The molecule has 1 heterocycles. The first kappa shape index (κ1) is 19.2. The Morgan fingerprint density at radius 3 is 2.48 bits per heavy atom. The SMILES string of the molecule is CC(C)c1cccc2cc(CN(Cc3ccccc3)C(=O)CCl)c(=O)[nH]c12. The summed E-state index contributed by atoms with van der Waals surface area (Å²) in [6.45, 7) is 4.83. The van der Waals surface area contributed by atoms with E-state index in [1.807, 2.05) is 54.6 Å². The van der Waals surface area contributed by atoms with Crippen molar-refractivity contribution in [3.63, 3.8) is 0 Å². The van der Waals surface area contributed by atoms with Gasteiger partial charge >= 0.3 is 0 Å². The second-order valence-electron chi connectivity index (χ2n) is 6.96. The number of H-pyrrole nitrogens is 1. The fraction of sp³-hybridized carbons (Fsp3) is 0.273. The van der Waals surface area contributed by atoms with Crippen molar-refractivity contribution in [2.75, 3.05) is 5.88 Å². The van der Waals surface area contributed by atoms with Gasteiger partial charge in [0.2, 0.25) is 5.91 Å². The van der Waals surface area contributed by atoms with E-state index < -0.39 is 0 Å². The van der Waals surface area contributed by atoms with E-state index in [1.54, 1.807) is 4.90 Å². The lowest BCUT2D eigenvalue weighted by molar-refractivity contribution is -0.129. The number of nitrogens with zero attached hydrogens (tertiary/aromatic N) is 1. The van der Waals surface area contributed by atoms with E-state index in [1.165, 1.54) is 0 Å². The number of halogens is 1. The third kappa shape index (κ3) is 4.40. The summed E-state index contributed by atoms with van der Waals surface area (Å²) in [5.41, 5.74) is 3.35. The molecular weight excluding hydrogens is 360 g/mol. The average Bonchev–Trinajstić information content (AvgIpc) is 2.67. The van der Waals surface area contributed by atoms with Crippen LogP contribution in [0.25, 0.3) is 10.9 Å². The summed E-state index contributed by atoms with van der Waals surface area (Å²) in [5, 5.41) is 0.966. The van der Waals surface area contributed by atoms with Gasteiger partial charge in [0.25, 0.3) is 5.56 Å². The number of rotatable bonds is 6. The largest absolute Gasteiger partial charge is 0.333 e. The van der Waals surface area contributed by atoms with E-state index in [9.17, 15) is 9.59 Å². The molecule has 0 bridgehead atoms. The summed E-state index contributed by atoms with van der Waals surface area (Å²) in [6.07, 6.45) is 0. The Hall–Kier alpha value is -2.59. The lowest BCUT2D eigenvalue weighted by atomic mass is 9.99. The highest BCUT2D eigenvalue weighted by molar-refractivity contribution is 6.27. The maximum atomic E-state index is 12.7. The summed E-state index contributed by atoms with van der Waals surface area (Å²) in [5.74, 6) is -0.00549. The standard InChI is InChI=1S/C22H23ClN2O2/c1-15(2)19-10-6-9-17-11-18(22(27)24-21(17)19)14-25(20(26)12-23)13-16-7-4-3-5-8-16/h3-11,15H,12-14H2,1-2H3,(H,24,27). The number of alkyl halides is 1. The van der Waals surface area contributed by atoms with Crippen LogP contribution in [0.4, 0.5) is 0 Å². The van der Waals surface area contributed by atoms with Gasteiger partial charge in [-0.15, -0.1) is 11.6 Å². The number of amides is 1. The summed E-state index contributed by atoms with van der Waals surface area (Å²) >= 11 is 5.79. The molecule has 3 rings (SSSR count). The molecule has 5 heteroatoms. The van der Waals surface area contributed by atoms with Crippen molar-refractivity contribution in [2.24, 2.45) is 0 Å². The molecular formula is C22H23ClN2O2. The summed E-state index contributed by atoms with van der Waals surface area (Å²) in [4.78, 5) is 29.6. The van der Waals surface area contributed by atoms with Crippen LogP contribution in [0.3, 0.4) is 0 Å². The molecule has 3 aromatic rings. The second-order valence-corrected chi connectivity index (χ2v) is 7.23. The molecule has 0 saturated heterocycles. The molecule has 4 nitrogen and oxygen atoms in total. The maximum Gasteiger partial charge on any atom is 0.253 e. The van der Waals surface area contributed by atoms with Crippen LogP contribution in [-0.2, 0) is 17.9 Å². The molecule has 0 atom stereocenters. The number of carbonyl (C=O) groups excluding carboxylic acids is 1. The van der Waals surface area contributed by atoms with E-state index in [4.69, 9.17) is 11.6 Å². The highest BCUT2D eigenvalue weighted by Crippen LogP contribution is 2.23. The van der Waals surface area contributed by atoms with Crippen LogP contribution in [0.5, 0.6) is 0 Å². The number of pyridine rings is 1. The van der Waals surface area contributed by atoms with Gasteiger partial charge in [0.15, 0.2) is 0 Å². The van der Waals surface area contributed by atoms with Crippen molar-refractivity contribution in [3.05, 3.63) is 81.6 Å². The third-order valence-electron chi connectivity index (χ3n) is 4.66. The minimum Gasteiger partial charge on any atom is -0.333 e. The molecule has 1 aromatic heterocycles. The van der Waals surface area contributed by atoms with Crippen LogP contribution in [0, 0.1) is 0 Å². The molecule has 0 fully saturated rings. The molecule has 0 aliphatic heterocycles. The van der Waals surface area contributed by atoms with Gasteiger partial charge in [0.1, 0.15) is 5.88 Å². The van der Waals surface area contributed by atoms with Crippen molar-refractivity contribution in [1.29, 1.82) is 0 Å². The van der Waals surface area contributed by atoms with E-state index in [-0.39, 0.29) is 23.9 Å². The van der Waals surface area contributed by atoms with E-state index in [0.29, 0.717) is 18.0 Å². The number of hydrogen-bond donors (Lipinski definition) is 1. The number of aromatic amines is 1. The molecule has 0 unspecified atom stereocenters. The number of nitrogens with one attached hydrogen (secondary N) is 1. The highest BCUT2D eigenvalue weighted by Gasteiger charge is 2.16. The smallest absolute Gasteiger partial charge is 0.253 e. The molecule has 0 radical (unpaired) electrons. The van der Waals surface area contributed by atoms with Crippen LogP contribution >= 0.6 is 11.6 Å². The van der Waals surface area contributed by atoms with E-state index >= 15 is 0 Å². The predicted molar refractivity (Wildman–Crippen MR) is 110 cm³/mol. The summed E-state index contributed by atoms with van der Waals surface area (Å²) in [7, 11) is 0. The first-order valence-corrected chi connectivity index (χ1v) is 9.55. The molecule has 2 aromatic carbocycles. The van der Waals surface area contributed by atoms with Crippen molar-refractivity contribution in [1.82, 2.24) is 9.88 Å². The van der Waals surface area contributed by atoms with Gasteiger partial charge < -0.3 is 9.88 Å². The second kappa shape index (κ2) is 8.40. The van der Waals surface area contributed by atoms with E-state index in [0.717, 1.165) is 22.0 Å². The van der Waals surface area contributed by atoms with Crippen molar-refractivity contribution in [3.8, 4) is 0 Å². The van der Waals surface area contributed by atoms with Gasteiger partial charge in [0, 0.05) is 12.1 Å². The number of fused-ring (bicyclic) bond motifs is 1. The van der Waals surface area contributed by atoms with Crippen molar-refractivity contribution >= 4 is 28.4 Å². The lowest BCUT2D eigenvalue weighted by Crippen LogP contribution is -2.33. The fourth-order valence-electron chi connectivity index (χ4n) is 3.23. The van der Waals surface area contributed by atoms with Crippen LogP contribution in [0.15, 0.2) is 59.4 Å². The first-order valence-electron chi connectivity index (χ1n) is 9.02. The highest BCUT2D eigenvalue weighted by atomic mass is 35.5. The Morgan fingerprint density at radius 1 is 1.07 bits per heavy atom. The number of benzene rings is 2. The Balaban J connectivity index is 1.96. The monoisotopic (exact) mass is 382 g/mol. The van der Waals surface area contributed by atoms with Gasteiger partial charge in [-0.3, -0.25) is 9.59 Å². The van der Waals surface area contributed by atoms with Crippen LogP contribution < -0.4 is 5.56 Å². The average molecular weight is 383 g/mol. The minimum atomic E-state index is -0.198. The zero-order chi connectivity index (χ0) is 19.4. The van der Waals surface area contributed by atoms with Gasteiger partial charge in [-0.05, 0) is 28.5 Å². The molecule has 0 spiro atoms. The summed E-state index contributed by atoms with van der Waals surface area (Å²) in [6, 6.07) is 17.6. The van der Waals surface area contributed by atoms with Crippen LogP contribution in [-0.4, -0.2) is 21.7 Å². The Labute approximate surface area is 163 Å². The number of hydrogen-bond acceptors (Lipinski definition) is 2. The number of aromatic nitrogens is 1. The molecule has 1 amide bonds. The number of carbonyl (C=O) groups is 1. The molecule has 0 saturated carbocycles. The normalized spacial score (nSPS) is 11.1. The van der Waals surface area contributed by atoms with Crippen molar-refractivity contribution in [2.45, 2.75) is 32.9 Å². The Kier molecular flexibility index (Phi) is 5.97. The van der Waals surface area contributed by atoms with Gasteiger partial charge in [-0.2, -0.15) is 0 Å². The zero-order valence-electron chi connectivity index (χ0n) is 15.5. The molecule has 140 valence electrons. The molecule has 1 N–H and O–H groups in total. The van der Waals surface area contributed by atoms with Gasteiger partial charge in [-0.1, -0.05) is 62.4 Å². The van der Waals surface area contributed by atoms with Crippen LogP contribution in [0.2, 0.25) is 0 Å². The molecule has 0 aliphatic carbocycles. The minimum absolute atomic E-state index is 0.115. The quantitative estimate of drug-likeness (QED) is 0.641. The number of para-hydroxylation sites is 1. The lowest BCUT2D eigenvalue weighted by Gasteiger charge is -2.22. The van der Waals surface area contributed by atoms with Gasteiger partial charge in [-0.25, -0.2) is 0 Å². The van der Waals surface area contributed by atoms with Gasteiger partial charge in [0.05, 0.1) is 12.1 Å². The Morgan fingerprint density at radius 2 is 1.81 bits per heavy atom. The van der Waals surface area contributed by atoms with E-state index in [2.05, 4.69) is 18.8 Å². The zero-order valence-corrected chi connectivity index (χ0v) is 16.3. The maximum absolute atomic E-state index is 12.7. The van der Waals surface area contributed by atoms with Crippen LogP contribution in [0.1, 0.15) is 36.5 Å². The predicted octanol–water partition coefficient (Wildman–Crippen LogP) is 4.42. The summed E-state index contributed by atoms with van der Waals surface area (Å²) < 4.78 is 0. The first-order chi connectivity index (χ1) is 13.0. The molecule has 27 heavy (non-hydrogen) atoms. The Bertz CT molecular complexity index is 996. The third-order valence-corrected chi connectivity index (χ3v) is 4.88. The topological polar surface area (TPSA) is 53.2 Å². The van der Waals surface area contributed by atoms with Crippen molar-refractivity contribution < 1.29 is 4.79 Å².